The van der Waals surface area contributed by atoms with Crippen LogP contribution >= 0.6 is 0 Å². The molecule has 0 aliphatic rings. The van der Waals surface area contributed by atoms with Gasteiger partial charge in [-0.3, -0.25) is 38.4 Å². The minimum absolute atomic E-state index is 0. The number of carbonyl (C=O) groups is 8. The smallest absolute Gasteiger partial charge is 0.255 e. The lowest BCUT2D eigenvalue weighted by Crippen LogP contribution is -2.42. The summed E-state index contributed by atoms with van der Waals surface area (Å²) in [5.41, 5.74) is 36.6. The third-order valence-corrected chi connectivity index (χ3v) is 13.6. The molecule has 0 radical (unpaired) electrons. The molecule has 0 fully saturated rings. The summed E-state index contributed by atoms with van der Waals surface area (Å²) in [5.74, 6) is -3.42. The Hall–Kier alpha value is -7.56. The number of primary amides is 1. The van der Waals surface area contributed by atoms with Crippen molar-refractivity contribution in [1.82, 2.24) is 16.0 Å². The van der Waals surface area contributed by atoms with E-state index in [1.807, 2.05) is 0 Å². The topological polar surface area (TPSA) is 366 Å². The first-order valence-corrected chi connectivity index (χ1v) is 27.2. The van der Waals surface area contributed by atoms with Crippen LogP contribution in [0.15, 0.2) is 72.8 Å². The number of nitrogens with two attached hydrogens (primary N) is 6. The average Bonchev–Trinajstić information content (AvgIpc) is 3.52. The number of carbonyl (C=O) groups excluding carboxylic acids is 8. The normalized spacial score (nSPS) is 13.6. The molecular formula is C60H87N9O12. The highest BCUT2D eigenvalue weighted by Crippen LogP contribution is 2.26. The van der Waals surface area contributed by atoms with Gasteiger partial charge in [0.2, 0.25) is 0 Å². The number of hydrogen-bond acceptors (Lipinski definition) is 17. The molecule has 444 valence electrons. The predicted molar refractivity (Wildman–Crippen MR) is 313 cm³/mol. The van der Waals surface area contributed by atoms with Gasteiger partial charge in [-0.2, -0.15) is 0 Å². The van der Waals surface area contributed by atoms with Crippen molar-refractivity contribution in [2.45, 2.75) is 127 Å². The number of rotatable bonds is 39. The number of Topliss-reactive ketones (excluding diaryl/α,β-unsaturated/α-hetero) is 4. The van der Waals surface area contributed by atoms with Crippen LogP contribution in [0.4, 0.5) is 0 Å². The predicted octanol–water partition coefficient (Wildman–Crippen LogP) is 4.00. The molecule has 0 spiro atoms. The lowest BCUT2D eigenvalue weighted by atomic mass is 9.95. The third-order valence-electron chi connectivity index (χ3n) is 13.6. The number of benzene rings is 4. The van der Waals surface area contributed by atoms with Gasteiger partial charge in [0.25, 0.3) is 23.6 Å². The molecule has 0 saturated heterocycles. The highest BCUT2D eigenvalue weighted by molar-refractivity contribution is 6.03. The number of unbranched alkanes of at least 4 members (excludes halogenated alkanes) is 3. The Morgan fingerprint density at radius 3 is 1.01 bits per heavy atom. The highest BCUT2D eigenvalue weighted by atomic mass is 16.5. The van der Waals surface area contributed by atoms with Gasteiger partial charge in [-0.25, -0.2) is 0 Å². The zero-order chi connectivity index (χ0) is 61.2. The number of methoxy groups -OCH3 is 4. The molecule has 0 aliphatic carbocycles. The Kier molecular flexibility index (Phi) is 26.7. The monoisotopic (exact) mass is 1130 g/mol. The van der Waals surface area contributed by atoms with Crippen LogP contribution in [0.1, 0.15) is 146 Å². The fourth-order valence-corrected chi connectivity index (χ4v) is 9.09. The lowest BCUT2D eigenvalue weighted by Gasteiger charge is -2.21. The standard InChI is InChI=1S/C60H83N9O12.2H2/c1-78-53-21-17-37(29-41(53)57(66)74)34-50(71)46(14-6-10-26-62)67-59(76)43-31-39(19-23-55(43)80-3)36-52(73)48(16-8-12-28-64)69-60(77)44-32-40(20-24-56(44)81-4)35-51(72)47(15-7-11-27-63)68-58(75)42-30-38(18-22-54(42)79-2)33-49(70)45(65)13-5-9-25-61;;/h17-24,29-32,45-48H,5-16,25-28,33-36,61-65H2,1-4H3,(H2,66,74)(H,67,76)(H,68,75)(H,69,77);2*1H/t45-,46-,47-,48-;;/m0../s1/i5D,9D;2*1+1/t5?,9?,45-,46-,47-,48-;;. The molecule has 21 nitrogen and oxygen atoms in total. The van der Waals surface area contributed by atoms with Crippen LogP contribution < -0.4 is 69.3 Å². The molecule has 0 heterocycles. The molecule has 6 atom stereocenters. The molecule has 4 aromatic carbocycles. The zero-order valence-electron chi connectivity index (χ0n) is 49.0. The second-order valence-corrected chi connectivity index (χ2v) is 19.6. The van der Waals surface area contributed by atoms with Crippen molar-refractivity contribution < 1.29 is 62.9 Å². The first kappa shape index (κ1) is 62.6. The molecular weight excluding hydrogens is 1040 g/mol. The lowest BCUT2D eigenvalue weighted by molar-refractivity contribution is -0.121. The first-order chi connectivity index (χ1) is 39.7. The van der Waals surface area contributed by atoms with Gasteiger partial charge < -0.3 is 69.3 Å². The molecule has 15 N–H and O–H groups in total. The van der Waals surface area contributed by atoms with Gasteiger partial charge >= 0.3 is 0 Å². The second kappa shape index (κ2) is 34.6. The van der Waals surface area contributed by atoms with Crippen LogP contribution in [0.2, 0.25) is 0 Å². The molecule has 0 aliphatic heterocycles. The van der Waals surface area contributed by atoms with Crippen LogP contribution in [0.3, 0.4) is 0 Å². The van der Waals surface area contributed by atoms with E-state index in [2.05, 4.69) is 16.0 Å². The zero-order valence-corrected chi connectivity index (χ0v) is 47.0. The van der Waals surface area contributed by atoms with Gasteiger partial charge in [0, 0.05) is 31.3 Å². The molecule has 4 amide bonds. The molecule has 0 aromatic heterocycles. The highest BCUT2D eigenvalue weighted by Gasteiger charge is 2.29. The number of amides is 4. The van der Waals surface area contributed by atoms with E-state index in [1.165, 1.54) is 77.0 Å². The van der Waals surface area contributed by atoms with Crippen molar-refractivity contribution in [2.75, 3.05) is 54.6 Å². The van der Waals surface area contributed by atoms with E-state index >= 15 is 0 Å². The van der Waals surface area contributed by atoms with Crippen LogP contribution in [0.25, 0.3) is 0 Å². The van der Waals surface area contributed by atoms with Crippen molar-refractivity contribution in [2.24, 2.45) is 34.4 Å². The average molecular weight is 1130 g/mol. The van der Waals surface area contributed by atoms with E-state index in [0.717, 1.165) is 0 Å². The van der Waals surface area contributed by atoms with E-state index in [0.29, 0.717) is 80.4 Å². The van der Waals surface area contributed by atoms with E-state index in [1.54, 1.807) is 24.3 Å². The minimum Gasteiger partial charge on any atom is -0.496 e. The summed E-state index contributed by atoms with van der Waals surface area (Å²) >= 11 is 0. The molecule has 21 heteroatoms. The van der Waals surface area contributed by atoms with Gasteiger partial charge in [-0.1, -0.05) is 30.7 Å². The van der Waals surface area contributed by atoms with Crippen LogP contribution in [-0.2, 0) is 44.9 Å². The summed E-state index contributed by atoms with van der Waals surface area (Å²) in [7, 11) is 5.53. The van der Waals surface area contributed by atoms with Gasteiger partial charge in [-0.15, -0.1) is 0 Å². The number of nitrogens with one attached hydrogen (secondary N) is 3. The maximum atomic E-state index is 14.3. The van der Waals surface area contributed by atoms with Crippen molar-refractivity contribution in [3.63, 3.8) is 0 Å². The van der Waals surface area contributed by atoms with Gasteiger partial charge in [-0.05, 0) is 168 Å². The fourth-order valence-electron chi connectivity index (χ4n) is 9.09. The molecule has 81 heavy (non-hydrogen) atoms. The largest absolute Gasteiger partial charge is 0.496 e. The summed E-state index contributed by atoms with van der Waals surface area (Å²) < 4.78 is 37.9. The Bertz CT molecular complexity index is 2880. The van der Waals surface area contributed by atoms with E-state index in [4.69, 9.17) is 56.1 Å². The Morgan fingerprint density at radius 2 is 0.728 bits per heavy atom. The van der Waals surface area contributed by atoms with Gasteiger partial charge in [0.05, 0.1) is 74.9 Å². The number of ether oxygens (including phenoxy) is 4. The van der Waals surface area contributed by atoms with E-state index < -0.39 is 66.4 Å². The fraction of sp³-hybridized carbons (Fsp3) is 0.467. The Labute approximate surface area is 480 Å². The molecule has 2 unspecified atom stereocenters. The Balaban J connectivity index is 0.0000123. The van der Waals surface area contributed by atoms with Crippen molar-refractivity contribution >= 4 is 46.8 Å². The van der Waals surface area contributed by atoms with Gasteiger partial charge in [0.1, 0.15) is 23.0 Å². The Morgan fingerprint density at radius 1 is 0.432 bits per heavy atom. The second-order valence-electron chi connectivity index (χ2n) is 19.6. The minimum atomic E-state index is -1.04. The van der Waals surface area contributed by atoms with Crippen molar-refractivity contribution in [1.29, 1.82) is 0 Å². The van der Waals surface area contributed by atoms with Crippen molar-refractivity contribution in [3.8, 4) is 23.0 Å². The molecule has 4 rings (SSSR count). The summed E-state index contributed by atoms with van der Waals surface area (Å²) in [6, 6.07) is 14.5. The number of ketones is 4. The molecule has 4 aromatic rings. The summed E-state index contributed by atoms with van der Waals surface area (Å²) in [5, 5.41) is 8.56. The third kappa shape index (κ3) is 20.5. The van der Waals surface area contributed by atoms with Gasteiger partial charge in [0.15, 0.2) is 23.1 Å². The molecule has 0 bridgehead atoms. The molecule has 0 saturated carbocycles. The number of hydrogen-bond donors (Lipinski definition) is 9. The quantitative estimate of drug-likeness (QED) is 0.0285. The SMILES string of the molecule is [2HH].[2HH].[2H]C(CN)C([2H])C[C@H](N)C(=O)Cc1ccc(OC)c(C(=O)N[C@@H](CCCCN)C(=O)Cc2ccc(OC)c(C(=O)N[C@@H](CCCCN)C(=O)Cc3ccc(OC)c(C(=O)N[C@@H](CCCCN)C(=O)Cc4ccc(OC)c(C(N)=O)c4)c3)c2)c1. The summed E-state index contributed by atoms with van der Waals surface area (Å²) in [4.78, 5) is 110. The summed E-state index contributed by atoms with van der Waals surface area (Å²) in [6.45, 7) is 1.01. The first-order valence-electron chi connectivity index (χ1n) is 28.3. The van der Waals surface area contributed by atoms with Crippen LogP contribution in [-0.4, -0.2) is 126 Å². The maximum absolute atomic E-state index is 14.3. The summed E-state index contributed by atoms with van der Waals surface area (Å²) in [6.07, 6.45) is 1.24. The maximum Gasteiger partial charge on any atom is 0.255 e. The van der Waals surface area contributed by atoms with Crippen LogP contribution in [0, 0.1) is 0 Å². The van der Waals surface area contributed by atoms with E-state index in [-0.39, 0.29) is 123 Å². The van der Waals surface area contributed by atoms with Crippen molar-refractivity contribution in [3.05, 3.63) is 117 Å². The van der Waals surface area contributed by atoms with E-state index in [9.17, 15) is 38.4 Å². The van der Waals surface area contributed by atoms with Crippen LogP contribution in [0.5, 0.6) is 23.0 Å².